The van der Waals surface area contributed by atoms with Crippen molar-refractivity contribution in [2.75, 3.05) is 6.79 Å². The van der Waals surface area contributed by atoms with Gasteiger partial charge < -0.3 is 9.47 Å². The number of allylic oxidation sites excluding steroid dienone is 1. The number of rotatable bonds is 7. The molecule has 0 fully saturated rings. The van der Waals surface area contributed by atoms with E-state index in [-0.39, 0.29) is 29.5 Å². The molecule has 0 N–H and O–H groups in total. The standard InChI is InChI=1S/C25H32ClN3O3/c1-9-25(6,7)23(30)32-15-31-22(21-20(26)16(2)28-29(21)8)19(14-27)17-10-12-18(13-11-17)24(3,4)5/h10-13H,9,15H2,1-8H3/b22-19-. The van der Waals surface area contributed by atoms with Gasteiger partial charge in [0, 0.05) is 7.05 Å². The minimum atomic E-state index is -0.630. The van der Waals surface area contributed by atoms with E-state index in [4.69, 9.17) is 21.1 Å². The molecule has 0 amide bonds. The second kappa shape index (κ2) is 9.79. The summed E-state index contributed by atoms with van der Waals surface area (Å²) >= 11 is 6.50. The van der Waals surface area contributed by atoms with E-state index in [2.05, 4.69) is 31.9 Å². The molecule has 0 radical (unpaired) electrons. The van der Waals surface area contributed by atoms with Gasteiger partial charge in [-0.2, -0.15) is 10.4 Å². The van der Waals surface area contributed by atoms with E-state index in [0.717, 1.165) is 5.56 Å². The Morgan fingerprint density at radius 3 is 2.19 bits per heavy atom. The van der Waals surface area contributed by atoms with Crippen LogP contribution < -0.4 is 0 Å². The molecule has 0 bridgehead atoms. The molecule has 0 unspecified atom stereocenters. The highest BCUT2D eigenvalue weighted by molar-refractivity contribution is 6.33. The molecule has 0 atom stereocenters. The molecule has 1 aromatic heterocycles. The number of carbonyl (C=O) groups is 1. The Bertz CT molecular complexity index is 1050. The van der Waals surface area contributed by atoms with Gasteiger partial charge >= 0.3 is 5.97 Å². The number of esters is 1. The lowest BCUT2D eigenvalue weighted by Crippen LogP contribution is -2.26. The zero-order valence-corrected chi connectivity index (χ0v) is 20.9. The molecular formula is C25H32ClN3O3. The summed E-state index contributed by atoms with van der Waals surface area (Å²) in [5.41, 5.74) is 2.51. The number of nitrogens with zero attached hydrogens (tertiary/aromatic N) is 3. The zero-order chi connectivity index (χ0) is 24.3. The summed E-state index contributed by atoms with van der Waals surface area (Å²) in [6.07, 6.45) is 0.630. The number of ether oxygens (including phenoxy) is 2. The number of aromatic nitrogens is 2. The Morgan fingerprint density at radius 1 is 1.16 bits per heavy atom. The van der Waals surface area contributed by atoms with Crippen LogP contribution in [0.2, 0.25) is 5.02 Å². The topological polar surface area (TPSA) is 77.1 Å². The Balaban J connectivity index is 2.52. The molecule has 172 valence electrons. The third-order valence-electron chi connectivity index (χ3n) is 5.57. The summed E-state index contributed by atoms with van der Waals surface area (Å²) in [5.74, 6) is -0.161. The zero-order valence-electron chi connectivity index (χ0n) is 20.2. The van der Waals surface area contributed by atoms with Crippen molar-refractivity contribution in [2.45, 2.75) is 60.3 Å². The van der Waals surface area contributed by atoms with Crippen LogP contribution in [0.4, 0.5) is 0 Å². The summed E-state index contributed by atoms with van der Waals surface area (Å²) in [6, 6.07) is 9.97. The molecule has 0 aliphatic rings. The fourth-order valence-corrected chi connectivity index (χ4v) is 3.25. The molecule has 6 nitrogen and oxygen atoms in total. The maximum Gasteiger partial charge on any atom is 0.314 e. The first-order valence-electron chi connectivity index (χ1n) is 10.6. The first kappa shape index (κ1) is 25.5. The SMILES string of the molecule is CCC(C)(C)C(=O)OCO/C(=C(/C#N)c1ccc(C(C)(C)C)cc1)c1c(Cl)c(C)nn1C. The van der Waals surface area contributed by atoms with E-state index in [1.54, 1.807) is 18.7 Å². The van der Waals surface area contributed by atoms with E-state index in [9.17, 15) is 10.1 Å². The van der Waals surface area contributed by atoms with Crippen molar-refractivity contribution in [3.8, 4) is 6.07 Å². The molecule has 1 aromatic carbocycles. The minimum Gasteiger partial charge on any atom is -0.454 e. The monoisotopic (exact) mass is 457 g/mol. The van der Waals surface area contributed by atoms with Gasteiger partial charge in [-0.3, -0.25) is 9.48 Å². The lowest BCUT2D eigenvalue weighted by Gasteiger charge is -2.21. The van der Waals surface area contributed by atoms with Gasteiger partial charge in [-0.05, 0) is 43.7 Å². The van der Waals surface area contributed by atoms with E-state index < -0.39 is 5.41 Å². The highest BCUT2D eigenvalue weighted by Crippen LogP contribution is 2.34. The number of aryl methyl sites for hydroxylation is 2. The number of benzene rings is 1. The molecule has 0 saturated carbocycles. The van der Waals surface area contributed by atoms with Gasteiger partial charge in [-0.1, -0.05) is 63.6 Å². The number of carbonyl (C=O) groups excluding carboxylic acids is 1. The van der Waals surface area contributed by atoms with Crippen LogP contribution in [-0.2, 0) is 26.7 Å². The lowest BCUT2D eigenvalue weighted by atomic mass is 9.86. The predicted octanol–water partition coefficient (Wildman–Crippen LogP) is 6.02. The van der Waals surface area contributed by atoms with Crippen molar-refractivity contribution in [3.05, 3.63) is 51.8 Å². The Kier molecular flexibility index (Phi) is 7.79. The van der Waals surface area contributed by atoms with E-state index >= 15 is 0 Å². The van der Waals surface area contributed by atoms with Crippen molar-refractivity contribution >= 4 is 28.9 Å². The first-order chi connectivity index (χ1) is 14.8. The van der Waals surface area contributed by atoms with Crippen LogP contribution in [0.5, 0.6) is 0 Å². The molecule has 0 spiro atoms. The van der Waals surface area contributed by atoms with Crippen molar-refractivity contribution in [2.24, 2.45) is 12.5 Å². The quantitative estimate of drug-likeness (QED) is 0.220. The fourth-order valence-electron chi connectivity index (χ4n) is 3.00. The fraction of sp³-hybridized carbons (Fsp3) is 0.480. The molecule has 1 heterocycles. The largest absolute Gasteiger partial charge is 0.454 e. The highest BCUT2D eigenvalue weighted by Gasteiger charge is 2.28. The van der Waals surface area contributed by atoms with E-state index in [1.165, 1.54) is 0 Å². The summed E-state index contributed by atoms with van der Waals surface area (Å²) < 4.78 is 12.8. The minimum absolute atomic E-state index is 0.0167. The Labute approximate surface area is 195 Å². The Morgan fingerprint density at radius 2 is 1.75 bits per heavy atom. The summed E-state index contributed by atoms with van der Waals surface area (Å²) in [4.78, 5) is 12.4. The average molecular weight is 458 g/mol. The predicted molar refractivity (Wildman–Crippen MR) is 127 cm³/mol. The van der Waals surface area contributed by atoms with E-state index in [1.807, 2.05) is 45.0 Å². The number of hydrogen-bond donors (Lipinski definition) is 0. The lowest BCUT2D eigenvalue weighted by molar-refractivity contribution is -0.162. The van der Waals surface area contributed by atoms with Crippen LogP contribution in [0.15, 0.2) is 24.3 Å². The second-order valence-corrected chi connectivity index (χ2v) is 9.82. The molecular weight excluding hydrogens is 426 g/mol. The van der Waals surface area contributed by atoms with Gasteiger partial charge in [0.2, 0.25) is 6.79 Å². The molecule has 0 aliphatic heterocycles. The second-order valence-electron chi connectivity index (χ2n) is 9.45. The van der Waals surface area contributed by atoms with Gasteiger partial charge in [-0.15, -0.1) is 0 Å². The normalized spacial score (nSPS) is 12.8. The van der Waals surface area contributed by atoms with Crippen molar-refractivity contribution in [1.29, 1.82) is 5.26 Å². The molecule has 7 heteroatoms. The van der Waals surface area contributed by atoms with Crippen LogP contribution in [0.3, 0.4) is 0 Å². The first-order valence-corrected chi connectivity index (χ1v) is 11.0. The third kappa shape index (κ3) is 5.52. The average Bonchev–Trinajstić information content (AvgIpc) is 2.98. The van der Waals surface area contributed by atoms with Crippen LogP contribution in [0, 0.1) is 23.7 Å². The smallest absolute Gasteiger partial charge is 0.314 e. The van der Waals surface area contributed by atoms with Gasteiger partial charge in [0.05, 0.1) is 16.1 Å². The third-order valence-corrected chi connectivity index (χ3v) is 6.02. The summed E-state index contributed by atoms with van der Waals surface area (Å²) in [5, 5.41) is 14.8. The number of halogens is 1. The van der Waals surface area contributed by atoms with Gasteiger partial charge in [0.15, 0.2) is 5.76 Å². The Hall–Kier alpha value is -2.78. The van der Waals surface area contributed by atoms with Crippen LogP contribution >= 0.6 is 11.6 Å². The van der Waals surface area contributed by atoms with Crippen molar-refractivity contribution in [3.63, 3.8) is 0 Å². The maximum atomic E-state index is 12.4. The molecule has 2 aromatic rings. The van der Waals surface area contributed by atoms with Crippen LogP contribution in [0.25, 0.3) is 11.3 Å². The van der Waals surface area contributed by atoms with Gasteiger partial charge in [0.1, 0.15) is 17.3 Å². The number of nitriles is 1. The molecule has 2 rings (SSSR count). The number of hydrogen-bond acceptors (Lipinski definition) is 5. The van der Waals surface area contributed by atoms with Gasteiger partial charge in [0.25, 0.3) is 0 Å². The van der Waals surface area contributed by atoms with Crippen LogP contribution in [-0.4, -0.2) is 22.5 Å². The highest BCUT2D eigenvalue weighted by atomic mass is 35.5. The summed E-state index contributed by atoms with van der Waals surface area (Å²) in [6.45, 7) is 13.4. The van der Waals surface area contributed by atoms with Gasteiger partial charge in [-0.25, -0.2) is 0 Å². The molecule has 32 heavy (non-hydrogen) atoms. The van der Waals surface area contributed by atoms with Crippen LogP contribution in [0.1, 0.15) is 70.5 Å². The maximum absolute atomic E-state index is 12.4. The van der Waals surface area contributed by atoms with Crippen molar-refractivity contribution in [1.82, 2.24) is 9.78 Å². The van der Waals surface area contributed by atoms with E-state index in [0.29, 0.717) is 28.4 Å². The summed E-state index contributed by atoms with van der Waals surface area (Å²) in [7, 11) is 1.72. The molecule has 0 aliphatic carbocycles. The molecule has 0 saturated heterocycles. The van der Waals surface area contributed by atoms with Crippen molar-refractivity contribution < 1.29 is 14.3 Å².